The van der Waals surface area contributed by atoms with Crippen LogP contribution in [0.3, 0.4) is 0 Å². The second-order valence-electron chi connectivity index (χ2n) is 4.61. The average Bonchev–Trinajstić information content (AvgIpc) is 2.74. The summed E-state index contributed by atoms with van der Waals surface area (Å²) in [7, 11) is 0. The molecule has 0 bridgehead atoms. The fourth-order valence-corrected chi connectivity index (χ4v) is 2.68. The van der Waals surface area contributed by atoms with Gasteiger partial charge in [0.15, 0.2) is 0 Å². The van der Waals surface area contributed by atoms with Crippen LogP contribution in [0.4, 0.5) is 0 Å². The van der Waals surface area contributed by atoms with Gasteiger partial charge in [-0.2, -0.15) is 0 Å². The van der Waals surface area contributed by atoms with Crippen molar-refractivity contribution in [2.45, 2.75) is 13.5 Å². The van der Waals surface area contributed by atoms with E-state index in [0.29, 0.717) is 6.54 Å². The van der Waals surface area contributed by atoms with E-state index >= 15 is 0 Å². The molecular formula is C16H16N2O. The van der Waals surface area contributed by atoms with Crippen molar-refractivity contribution in [3.63, 3.8) is 0 Å². The Labute approximate surface area is 112 Å². The first-order valence-corrected chi connectivity index (χ1v) is 6.42. The van der Waals surface area contributed by atoms with Crippen molar-refractivity contribution >= 4 is 10.9 Å². The van der Waals surface area contributed by atoms with Crippen LogP contribution < -0.4 is 0 Å². The third kappa shape index (κ3) is 1.92. The zero-order valence-electron chi connectivity index (χ0n) is 10.9. The van der Waals surface area contributed by atoms with E-state index in [0.717, 1.165) is 16.8 Å². The molecular weight excluding hydrogens is 236 g/mol. The number of pyridine rings is 1. The lowest BCUT2D eigenvalue weighted by Gasteiger charge is -2.09. The van der Waals surface area contributed by atoms with E-state index in [2.05, 4.69) is 34.7 Å². The molecule has 0 saturated carbocycles. The summed E-state index contributed by atoms with van der Waals surface area (Å²) in [5, 5.41) is 10.6. The highest BCUT2D eigenvalue weighted by molar-refractivity contribution is 5.91. The summed E-state index contributed by atoms with van der Waals surface area (Å²) < 4.78 is 2.17. The summed E-state index contributed by atoms with van der Waals surface area (Å²) in [6.45, 7) is 2.85. The highest BCUT2D eigenvalue weighted by Gasteiger charge is 2.14. The normalized spacial score (nSPS) is 11.1. The number of para-hydroxylation sites is 1. The molecule has 0 saturated heterocycles. The number of aryl methyl sites for hydroxylation is 1. The summed E-state index contributed by atoms with van der Waals surface area (Å²) >= 11 is 0. The second kappa shape index (κ2) is 4.86. The van der Waals surface area contributed by atoms with E-state index in [1.165, 1.54) is 10.9 Å². The Bertz CT molecular complexity index is 701. The predicted molar refractivity (Wildman–Crippen MR) is 77.0 cm³/mol. The molecule has 0 unspecified atom stereocenters. The molecule has 0 atom stereocenters. The maximum Gasteiger partial charge on any atom is 0.0610 e. The molecule has 0 fully saturated rings. The number of rotatable bonds is 3. The number of aliphatic hydroxyl groups excluding tert-OH is 1. The minimum absolute atomic E-state index is 0.130. The average molecular weight is 252 g/mol. The Morgan fingerprint density at radius 3 is 2.74 bits per heavy atom. The standard InChI is InChI=1S/C16H16N2O/c1-12-14-6-2-3-7-15(14)18(9-10-19)16(12)13-5-4-8-17-11-13/h2-8,11,19H,9-10H2,1H3. The van der Waals surface area contributed by atoms with E-state index < -0.39 is 0 Å². The first-order valence-electron chi connectivity index (χ1n) is 6.42. The summed E-state index contributed by atoms with van der Waals surface area (Å²) in [5.41, 5.74) is 4.62. The lowest BCUT2D eigenvalue weighted by molar-refractivity contribution is 0.278. The van der Waals surface area contributed by atoms with Gasteiger partial charge in [-0.3, -0.25) is 4.98 Å². The second-order valence-corrected chi connectivity index (χ2v) is 4.61. The summed E-state index contributed by atoms with van der Waals surface area (Å²) in [4.78, 5) is 4.20. The molecule has 0 amide bonds. The maximum atomic E-state index is 9.32. The molecule has 0 radical (unpaired) electrons. The highest BCUT2D eigenvalue weighted by atomic mass is 16.3. The molecule has 96 valence electrons. The van der Waals surface area contributed by atoms with Gasteiger partial charge in [-0.15, -0.1) is 0 Å². The first-order chi connectivity index (χ1) is 9.33. The fourth-order valence-electron chi connectivity index (χ4n) is 2.68. The van der Waals surface area contributed by atoms with Gasteiger partial charge in [0, 0.05) is 35.4 Å². The van der Waals surface area contributed by atoms with Crippen LogP contribution >= 0.6 is 0 Å². The van der Waals surface area contributed by atoms with Crippen LogP contribution in [0.1, 0.15) is 5.56 Å². The van der Waals surface area contributed by atoms with Gasteiger partial charge in [0.25, 0.3) is 0 Å². The lowest BCUT2D eigenvalue weighted by atomic mass is 10.1. The quantitative estimate of drug-likeness (QED) is 0.778. The van der Waals surface area contributed by atoms with Crippen molar-refractivity contribution in [1.29, 1.82) is 0 Å². The number of hydrogen-bond acceptors (Lipinski definition) is 2. The van der Waals surface area contributed by atoms with Crippen LogP contribution in [0.2, 0.25) is 0 Å². The van der Waals surface area contributed by atoms with Gasteiger partial charge in [-0.05, 0) is 30.7 Å². The van der Waals surface area contributed by atoms with Gasteiger partial charge in [-0.25, -0.2) is 0 Å². The van der Waals surface area contributed by atoms with Crippen molar-refractivity contribution < 1.29 is 5.11 Å². The molecule has 0 aliphatic carbocycles. The molecule has 0 aliphatic rings. The van der Waals surface area contributed by atoms with Gasteiger partial charge in [-0.1, -0.05) is 18.2 Å². The van der Waals surface area contributed by atoms with Gasteiger partial charge in [0.2, 0.25) is 0 Å². The van der Waals surface area contributed by atoms with Crippen LogP contribution in [0.5, 0.6) is 0 Å². The Balaban J connectivity index is 2.34. The van der Waals surface area contributed by atoms with Crippen LogP contribution in [-0.4, -0.2) is 21.3 Å². The number of aliphatic hydroxyl groups is 1. The third-order valence-electron chi connectivity index (χ3n) is 3.48. The Morgan fingerprint density at radius 1 is 1.16 bits per heavy atom. The molecule has 3 aromatic rings. The van der Waals surface area contributed by atoms with E-state index in [-0.39, 0.29) is 6.61 Å². The van der Waals surface area contributed by atoms with Gasteiger partial charge in [0.05, 0.1) is 12.3 Å². The minimum atomic E-state index is 0.130. The minimum Gasteiger partial charge on any atom is -0.395 e. The van der Waals surface area contributed by atoms with Crippen molar-refractivity contribution in [1.82, 2.24) is 9.55 Å². The molecule has 1 N–H and O–H groups in total. The Kier molecular flexibility index (Phi) is 3.05. The summed E-state index contributed by atoms with van der Waals surface area (Å²) in [6, 6.07) is 12.3. The van der Waals surface area contributed by atoms with Gasteiger partial charge in [0.1, 0.15) is 0 Å². The SMILES string of the molecule is Cc1c(-c2cccnc2)n(CCO)c2ccccc12. The molecule has 0 spiro atoms. The van der Waals surface area contributed by atoms with E-state index in [1.54, 1.807) is 6.20 Å². The number of hydrogen-bond donors (Lipinski definition) is 1. The highest BCUT2D eigenvalue weighted by Crippen LogP contribution is 2.32. The molecule has 0 aliphatic heterocycles. The van der Waals surface area contributed by atoms with Gasteiger partial charge < -0.3 is 9.67 Å². The zero-order valence-corrected chi connectivity index (χ0v) is 10.9. The fraction of sp³-hybridized carbons (Fsp3) is 0.188. The number of fused-ring (bicyclic) bond motifs is 1. The predicted octanol–water partition coefficient (Wildman–Crippen LogP) is 3.00. The molecule has 3 heteroatoms. The van der Waals surface area contributed by atoms with E-state index in [9.17, 15) is 5.11 Å². The van der Waals surface area contributed by atoms with Crippen LogP contribution in [-0.2, 0) is 6.54 Å². The number of benzene rings is 1. The Morgan fingerprint density at radius 2 is 2.00 bits per heavy atom. The number of nitrogens with zero attached hydrogens (tertiary/aromatic N) is 2. The smallest absolute Gasteiger partial charge is 0.0610 e. The molecule has 2 aromatic heterocycles. The molecule has 3 nitrogen and oxygen atoms in total. The first kappa shape index (κ1) is 11.9. The monoisotopic (exact) mass is 252 g/mol. The summed E-state index contributed by atoms with van der Waals surface area (Å²) in [5.74, 6) is 0. The molecule has 1 aromatic carbocycles. The lowest BCUT2D eigenvalue weighted by Crippen LogP contribution is -2.04. The third-order valence-corrected chi connectivity index (χ3v) is 3.48. The van der Waals surface area contributed by atoms with Crippen LogP contribution in [0, 0.1) is 6.92 Å². The van der Waals surface area contributed by atoms with E-state index in [1.807, 2.05) is 24.4 Å². The van der Waals surface area contributed by atoms with Crippen LogP contribution in [0.15, 0.2) is 48.8 Å². The molecule has 19 heavy (non-hydrogen) atoms. The topological polar surface area (TPSA) is 38.0 Å². The van der Waals surface area contributed by atoms with Crippen molar-refractivity contribution in [2.24, 2.45) is 0 Å². The Hall–Kier alpha value is -2.13. The maximum absolute atomic E-state index is 9.32. The van der Waals surface area contributed by atoms with E-state index in [4.69, 9.17) is 0 Å². The van der Waals surface area contributed by atoms with Crippen molar-refractivity contribution in [2.75, 3.05) is 6.61 Å². The van der Waals surface area contributed by atoms with Crippen LogP contribution in [0.25, 0.3) is 22.2 Å². The molecule has 3 rings (SSSR count). The van der Waals surface area contributed by atoms with Crippen molar-refractivity contribution in [3.05, 3.63) is 54.4 Å². The summed E-state index contributed by atoms with van der Waals surface area (Å²) in [6.07, 6.45) is 3.65. The zero-order chi connectivity index (χ0) is 13.2. The number of aromatic nitrogens is 2. The largest absolute Gasteiger partial charge is 0.395 e. The van der Waals surface area contributed by atoms with Gasteiger partial charge >= 0.3 is 0 Å². The van der Waals surface area contributed by atoms with Crippen molar-refractivity contribution in [3.8, 4) is 11.3 Å². The molecule has 2 heterocycles.